The fourth-order valence-electron chi connectivity index (χ4n) is 2.29. The highest BCUT2D eigenvalue weighted by molar-refractivity contribution is 6.30. The highest BCUT2D eigenvalue weighted by Crippen LogP contribution is 2.22. The Morgan fingerprint density at radius 2 is 2.10 bits per heavy atom. The second-order valence-electron chi connectivity index (χ2n) is 4.81. The summed E-state index contributed by atoms with van der Waals surface area (Å²) in [7, 11) is 3.67. The number of hydrogen-bond donors (Lipinski definition) is 1. The SMILES string of the molecule is COc1ccc2c(c1)nc(CNc1cccc(Cl)c1)n2C. The second-order valence-corrected chi connectivity index (χ2v) is 5.24. The number of fused-ring (bicyclic) bond motifs is 1. The van der Waals surface area contributed by atoms with Crippen LogP contribution in [-0.2, 0) is 13.6 Å². The van der Waals surface area contributed by atoms with E-state index in [0.29, 0.717) is 6.54 Å². The second kappa shape index (κ2) is 5.66. The Labute approximate surface area is 128 Å². The van der Waals surface area contributed by atoms with Crippen molar-refractivity contribution in [1.82, 2.24) is 9.55 Å². The predicted octanol–water partition coefficient (Wildman–Crippen LogP) is 3.85. The number of rotatable bonds is 4. The van der Waals surface area contributed by atoms with Crippen molar-refractivity contribution >= 4 is 28.3 Å². The molecule has 0 radical (unpaired) electrons. The number of aryl methyl sites for hydroxylation is 1. The van der Waals surface area contributed by atoms with Crippen molar-refractivity contribution in [3.05, 3.63) is 53.3 Å². The molecular formula is C16H16ClN3O. The number of nitrogens with zero attached hydrogens (tertiary/aromatic N) is 2. The van der Waals surface area contributed by atoms with E-state index in [-0.39, 0.29) is 0 Å². The minimum Gasteiger partial charge on any atom is -0.497 e. The zero-order valence-electron chi connectivity index (χ0n) is 11.9. The smallest absolute Gasteiger partial charge is 0.128 e. The van der Waals surface area contributed by atoms with Gasteiger partial charge in [-0.1, -0.05) is 17.7 Å². The molecule has 0 unspecified atom stereocenters. The largest absolute Gasteiger partial charge is 0.497 e. The number of anilines is 1. The van der Waals surface area contributed by atoms with Crippen LogP contribution in [0.2, 0.25) is 5.02 Å². The van der Waals surface area contributed by atoms with Gasteiger partial charge in [0.15, 0.2) is 0 Å². The van der Waals surface area contributed by atoms with Crippen LogP contribution < -0.4 is 10.1 Å². The molecule has 4 nitrogen and oxygen atoms in total. The third-order valence-corrected chi connectivity index (χ3v) is 3.69. The van der Waals surface area contributed by atoms with Crippen LogP contribution in [0.3, 0.4) is 0 Å². The van der Waals surface area contributed by atoms with Gasteiger partial charge in [0.25, 0.3) is 0 Å². The van der Waals surface area contributed by atoms with E-state index in [4.69, 9.17) is 16.3 Å². The topological polar surface area (TPSA) is 39.1 Å². The predicted molar refractivity (Wildman–Crippen MR) is 86.0 cm³/mol. The van der Waals surface area contributed by atoms with Gasteiger partial charge in [0.2, 0.25) is 0 Å². The quantitative estimate of drug-likeness (QED) is 0.795. The summed E-state index contributed by atoms with van der Waals surface area (Å²) < 4.78 is 7.31. The van der Waals surface area contributed by atoms with Gasteiger partial charge >= 0.3 is 0 Å². The Kier molecular flexibility index (Phi) is 3.71. The van der Waals surface area contributed by atoms with Crippen LogP contribution in [0.1, 0.15) is 5.82 Å². The fraction of sp³-hybridized carbons (Fsp3) is 0.188. The van der Waals surface area contributed by atoms with Gasteiger partial charge in [0, 0.05) is 23.8 Å². The monoisotopic (exact) mass is 301 g/mol. The lowest BCUT2D eigenvalue weighted by molar-refractivity contribution is 0.415. The van der Waals surface area contributed by atoms with Gasteiger partial charge in [0.05, 0.1) is 24.7 Å². The molecule has 0 bridgehead atoms. The Balaban J connectivity index is 1.85. The maximum atomic E-state index is 5.98. The Morgan fingerprint density at radius 3 is 2.86 bits per heavy atom. The first-order valence-electron chi connectivity index (χ1n) is 6.66. The van der Waals surface area contributed by atoms with Crippen molar-refractivity contribution in [1.29, 1.82) is 0 Å². The van der Waals surface area contributed by atoms with Crippen molar-refractivity contribution in [3.63, 3.8) is 0 Å². The molecule has 21 heavy (non-hydrogen) atoms. The van der Waals surface area contributed by atoms with Crippen LogP contribution >= 0.6 is 11.6 Å². The van der Waals surface area contributed by atoms with Crippen LogP contribution in [0, 0.1) is 0 Å². The minimum atomic E-state index is 0.633. The standard InChI is InChI=1S/C16H16ClN3O/c1-20-15-7-6-13(21-2)9-14(15)19-16(20)10-18-12-5-3-4-11(17)8-12/h3-9,18H,10H2,1-2H3. The fourth-order valence-corrected chi connectivity index (χ4v) is 2.48. The summed E-state index contributed by atoms with van der Waals surface area (Å²) in [6.45, 7) is 0.633. The lowest BCUT2D eigenvalue weighted by Gasteiger charge is -2.06. The van der Waals surface area contributed by atoms with E-state index in [1.807, 2.05) is 49.5 Å². The third kappa shape index (κ3) is 2.81. The molecule has 5 heteroatoms. The first-order valence-corrected chi connectivity index (χ1v) is 7.04. The summed E-state index contributed by atoms with van der Waals surface area (Å²) >= 11 is 5.98. The van der Waals surface area contributed by atoms with Gasteiger partial charge < -0.3 is 14.6 Å². The molecule has 0 saturated carbocycles. The average Bonchev–Trinajstić information content (AvgIpc) is 2.81. The number of ether oxygens (including phenoxy) is 1. The average molecular weight is 302 g/mol. The van der Waals surface area contributed by atoms with E-state index in [0.717, 1.165) is 33.3 Å². The number of halogens is 1. The molecule has 2 aromatic carbocycles. The molecular weight excluding hydrogens is 286 g/mol. The summed E-state index contributed by atoms with van der Waals surface area (Å²) in [5, 5.41) is 4.05. The summed E-state index contributed by atoms with van der Waals surface area (Å²) in [5.41, 5.74) is 2.99. The molecule has 1 heterocycles. The molecule has 3 aromatic rings. The van der Waals surface area contributed by atoms with Crippen molar-refractivity contribution in [2.45, 2.75) is 6.54 Å². The van der Waals surface area contributed by atoms with Gasteiger partial charge in [-0.25, -0.2) is 4.98 Å². The first-order chi connectivity index (χ1) is 10.2. The lowest BCUT2D eigenvalue weighted by Crippen LogP contribution is -2.05. The molecule has 0 amide bonds. The molecule has 0 fully saturated rings. The molecule has 3 rings (SSSR count). The first kappa shape index (κ1) is 13.8. The Bertz CT molecular complexity index is 782. The van der Waals surface area contributed by atoms with Crippen molar-refractivity contribution in [2.24, 2.45) is 7.05 Å². The molecule has 1 N–H and O–H groups in total. The molecule has 0 spiro atoms. The van der Waals surface area contributed by atoms with Gasteiger partial charge in [-0.3, -0.25) is 0 Å². The summed E-state index contributed by atoms with van der Waals surface area (Å²) in [5.74, 6) is 1.77. The minimum absolute atomic E-state index is 0.633. The normalized spacial score (nSPS) is 10.8. The van der Waals surface area contributed by atoms with Gasteiger partial charge in [-0.15, -0.1) is 0 Å². The van der Waals surface area contributed by atoms with Crippen LogP contribution in [0.4, 0.5) is 5.69 Å². The molecule has 0 atom stereocenters. The van der Waals surface area contributed by atoms with Crippen LogP contribution in [-0.4, -0.2) is 16.7 Å². The number of hydrogen-bond acceptors (Lipinski definition) is 3. The molecule has 108 valence electrons. The number of aromatic nitrogens is 2. The number of imidazole rings is 1. The zero-order chi connectivity index (χ0) is 14.8. The van der Waals surface area contributed by atoms with Crippen molar-refractivity contribution in [2.75, 3.05) is 12.4 Å². The lowest BCUT2D eigenvalue weighted by atomic mass is 10.3. The van der Waals surface area contributed by atoms with Crippen LogP contribution in [0.25, 0.3) is 11.0 Å². The number of nitrogens with one attached hydrogen (secondary N) is 1. The van der Waals surface area contributed by atoms with E-state index in [1.54, 1.807) is 7.11 Å². The van der Waals surface area contributed by atoms with E-state index in [9.17, 15) is 0 Å². The van der Waals surface area contributed by atoms with E-state index in [2.05, 4.69) is 14.9 Å². The molecule has 0 aliphatic rings. The molecule has 1 aromatic heterocycles. The van der Waals surface area contributed by atoms with Gasteiger partial charge in [0.1, 0.15) is 11.6 Å². The Hall–Kier alpha value is -2.20. The Morgan fingerprint density at radius 1 is 1.24 bits per heavy atom. The van der Waals surface area contributed by atoms with Gasteiger partial charge in [-0.2, -0.15) is 0 Å². The maximum absolute atomic E-state index is 5.98. The summed E-state index contributed by atoms with van der Waals surface area (Å²) in [4.78, 5) is 4.65. The van der Waals surface area contributed by atoms with E-state index in [1.165, 1.54) is 0 Å². The van der Waals surface area contributed by atoms with Crippen LogP contribution in [0.15, 0.2) is 42.5 Å². The summed E-state index contributed by atoms with van der Waals surface area (Å²) in [6, 6.07) is 13.6. The highest BCUT2D eigenvalue weighted by atomic mass is 35.5. The van der Waals surface area contributed by atoms with Crippen LogP contribution in [0.5, 0.6) is 5.75 Å². The molecule has 0 aliphatic heterocycles. The molecule has 0 saturated heterocycles. The molecule has 0 aliphatic carbocycles. The third-order valence-electron chi connectivity index (χ3n) is 3.46. The van der Waals surface area contributed by atoms with Crippen molar-refractivity contribution < 1.29 is 4.74 Å². The number of methoxy groups -OCH3 is 1. The van der Waals surface area contributed by atoms with Crippen molar-refractivity contribution in [3.8, 4) is 5.75 Å². The highest BCUT2D eigenvalue weighted by Gasteiger charge is 2.08. The van der Waals surface area contributed by atoms with E-state index >= 15 is 0 Å². The van der Waals surface area contributed by atoms with Gasteiger partial charge in [-0.05, 0) is 30.3 Å². The maximum Gasteiger partial charge on any atom is 0.128 e. The zero-order valence-corrected chi connectivity index (χ0v) is 12.7. The summed E-state index contributed by atoms with van der Waals surface area (Å²) in [6.07, 6.45) is 0. The van der Waals surface area contributed by atoms with E-state index < -0.39 is 0 Å². The number of benzene rings is 2.